The van der Waals surface area contributed by atoms with Crippen molar-refractivity contribution in [2.75, 3.05) is 0 Å². The fourth-order valence-electron chi connectivity index (χ4n) is 23.8. The number of fused-ring (bicyclic) bond motifs is 24. The zero-order valence-corrected chi connectivity index (χ0v) is 83.9. The van der Waals surface area contributed by atoms with Crippen LogP contribution in [-0.2, 0) is 38.5 Å². The number of nitrogens with one attached hydrogen (secondary N) is 6. The van der Waals surface area contributed by atoms with E-state index in [0.29, 0.717) is 0 Å². The summed E-state index contributed by atoms with van der Waals surface area (Å²) in [4.78, 5) is 61.6. The third kappa shape index (κ3) is 14.2. The molecular formula is C122H130N12. The van der Waals surface area contributed by atoms with E-state index in [1.54, 1.807) is 0 Å². The molecule has 678 valence electrons. The Labute approximate surface area is 791 Å². The first kappa shape index (κ1) is 89.9. The average molecular weight is 1760 g/mol. The van der Waals surface area contributed by atoms with Crippen molar-refractivity contribution in [1.29, 1.82) is 0 Å². The van der Waals surface area contributed by atoms with Gasteiger partial charge < -0.3 is 29.9 Å². The van der Waals surface area contributed by atoms with Gasteiger partial charge in [0.05, 0.1) is 101 Å². The first-order chi connectivity index (χ1) is 64.7. The Hall–Kier alpha value is -13.3. The van der Waals surface area contributed by atoms with Crippen LogP contribution in [0.5, 0.6) is 0 Å². The zero-order chi connectivity index (χ0) is 94.3. The smallest absolute Gasteiger partial charge is 0.0769 e. The summed E-state index contributed by atoms with van der Waals surface area (Å²) in [6.07, 6.45) is 9.57. The van der Waals surface area contributed by atoms with Gasteiger partial charge in [-0.1, -0.05) is 191 Å². The molecule has 6 aliphatic heterocycles. The second-order valence-corrected chi connectivity index (χ2v) is 38.0. The van der Waals surface area contributed by atoms with Gasteiger partial charge in [0.25, 0.3) is 0 Å². The van der Waals surface area contributed by atoms with Gasteiger partial charge in [-0.25, -0.2) is 29.9 Å². The molecule has 12 heteroatoms. The van der Waals surface area contributed by atoms with Crippen molar-refractivity contribution in [3.8, 4) is 66.8 Å². The van der Waals surface area contributed by atoms with Crippen LogP contribution in [0, 0.1) is 55.4 Å². The Morgan fingerprint density at radius 1 is 0.194 bits per heavy atom. The van der Waals surface area contributed by atoms with Gasteiger partial charge in [-0.15, -0.1) is 0 Å². The number of aryl methyl sites for hydroxylation is 14. The number of rotatable bonds is 18. The van der Waals surface area contributed by atoms with Gasteiger partial charge in [0.15, 0.2) is 0 Å². The molecule has 6 aliphatic rings. The van der Waals surface area contributed by atoms with Gasteiger partial charge in [-0.3, -0.25) is 0 Å². The lowest BCUT2D eigenvalue weighted by atomic mass is 9.88. The van der Waals surface area contributed by atoms with Gasteiger partial charge in [0.2, 0.25) is 0 Å². The standard InChI is InChI=1S/C122H130N12/c1-27-77-63(15)111-105(75-51-47-61(13)48-52-75)112-64(16)78(28-2)94(124-112)56-98-82(32-6)68(20)116(128-98)107(115-67(19)81(31-5)97(127-115)55-93(77)123-111)89-43-39-41-45-91(89)109-119-71(23)85(35-9)101(131-119)59-103-87(37-11)73(25)121(133-103)110(122-74(26)88(38-12)104(134-122)60-102-86(36-10)72(24)120(109)132-102)92-46-42-40-44-90(92)108-117-69(21)83(33-7)99(129-117)57-95-79(29-3)65(17)113(125-95)106(76-53-49-62(14)50-54-76)114-66(18)80(30-4)96(126-114)58-100-84(34-8)70(22)118(108)130-100/h39-60,123,125,128,130-131,134H,27-38H2,1-26H3. The highest BCUT2D eigenvalue weighted by molar-refractivity contribution is 6.13. The lowest BCUT2D eigenvalue weighted by Gasteiger charge is -2.16. The summed E-state index contributed by atoms with van der Waals surface area (Å²) in [6.45, 7) is 59.7. The molecule has 24 bridgehead atoms. The predicted molar refractivity (Wildman–Crippen MR) is 574 cm³/mol. The van der Waals surface area contributed by atoms with Crippen molar-refractivity contribution in [3.05, 3.63) is 280 Å². The highest BCUT2D eigenvalue weighted by Crippen LogP contribution is 2.54. The van der Waals surface area contributed by atoms with Gasteiger partial charge >= 0.3 is 0 Å². The van der Waals surface area contributed by atoms with Crippen LogP contribution >= 0.6 is 0 Å². The number of aromatic nitrogens is 12. The molecule has 0 unspecified atom stereocenters. The lowest BCUT2D eigenvalue weighted by molar-refractivity contribution is 1.14. The Morgan fingerprint density at radius 3 is 0.522 bits per heavy atom. The van der Waals surface area contributed by atoms with E-state index in [9.17, 15) is 0 Å². The third-order valence-electron chi connectivity index (χ3n) is 31.0. The molecule has 0 fully saturated rings. The maximum absolute atomic E-state index is 6.19. The topological polar surface area (TPSA) is 172 Å². The minimum atomic E-state index is 0.757. The van der Waals surface area contributed by atoms with Gasteiger partial charge in [0.1, 0.15) is 0 Å². The summed E-state index contributed by atoms with van der Waals surface area (Å²) in [7, 11) is 0. The molecule has 0 radical (unpaired) electrons. The SMILES string of the molecule is CCC1=C(C)c2nc1cc1[nH]c(c(C)c1CC)c(-c1ccccc1-c1c3nc(cc4[nH]c(c(C)c4CC)c(-c4ccccc4-c4c5nc(cc6[nH]c(c(C)c6CC)c(-c6ccc(C)cc6)c6nc(cc7[nH]c4c(C)c7CC)C(CC)=C6C)C(CC)=C5C)c4nc(cc5[nH]c1c(C)c5CC)C(CC)=C4C)C(CC)=C3C)c1nc(cc3[nH]c(c(C)c3CC)c2-c2ccc(C)cc2)C(CC)=C1C. The largest absolute Gasteiger partial charge is 0.354 e. The number of hydrogen-bond donors (Lipinski definition) is 6. The number of allylic oxidation sites excluding steroid dienone is 12. The molecule has 19 rings (SSSR count). The number of H-pyrrole nitrogens is 6. The van der Waals surface area contributed by atoms with E-state index < -0.39 is 0 Å². The lowest BCUT2D eigenvalue weighted by Crippen LogP contribution is -1.96. The van der Waals surface area contributed by atoms with Gasteiger partial charge in [0, 0.05) is 66.5 Å². The van der Waals surface area contributed by atoms with E-state index in [-0.39, 0.29) is 0 Å². The molecule has 15 heterocycles. The molecule has 0 atom stereocenters. The van der Waals surface area contributed by atoms with Crippen molar-refractivity contribution in [2.24, 2.45) is 0 Å². The maximum atomic E-state index is 6.19. The molecule has 0 aliphatic carbocycles. The van der Waals surface area contributed by atoms with Crippen LogP contribution in [0.25, 0.3) is 200 Å². The van der Waals surface area contributed by atoms with Gasteiger partial charge in [-0.05, 0) is 377 Å². The second kappa shape index (κ2) is 35.2. The molecule has 13 aromatic rings. The van der Waals surface area contributed by atoms with Crippen molar-refractivity contribution in [1.82, 2.24) is 59.8 Å². The molecule has 9 aromatic heterocycles. The van der Waals surface area contributed by atoms with E-state index in [4.69, 9.17) is 29.9 Å². The molecule has 4 aromatic carbocycles. The average Bonchev–Trinajstić information content (AvgIpc) is 1.56. The summed E-state index contributed by atoms with van der Waals surface area (Å²) < 4.78 is 0. The Morgan fingerprint density at radius 2 is 0.358 bits per heavy atom. The van der Waals surface area contributed by atoms with E-state index in [0.717, 1.165) is 301 Å². The molecule has 0 saturated heterocycles. The monoisotopic (exact) mass is 1760 g/mol. The van der Waals surface area contributed by atoms with Crippen molar-refractivity contribution in [2.45, 2.75) is 257 Å². The van der Waals surface area contributed by atoms with Gasteiger partial charge in [-0.2, -0.15) is 0 Å². The van der Waals surface area contributed by atoms with Crippen LogP contribution in [0.3, 0.4) is 0 Å². The van der Waals surface area contributed by atoms with E-state index >= 15 is 0 Å². The van der Waals surface area contributed by atoms with E-state index in [2.05, 4.69) is 343 Å². The molecule has 0 spiro atoms. The third-order valence-corrected chi connectivity index (χ3v) is 31.0. The van der Waals surface area contributed by atoms with Crippen LogP contribution in [0.1, 0.15) is 309 Å². The molecule has 6 N–H and O–H groups in total. The molecule has 134 heavy (non-hydrogen) atoms. The number of benzene rings is 4. The minimum Gasteiger partial charge on any atom is -0.354 e. The maximum Gasteiger partial charge on any atom is 0.0769 e. The Kier molecular flexibility index (Phi) is 23.6. The van der Waals surface area contributed by atoms with Crippen LogP contribution < -0.4 is 0 Å². The van der Waals surface area contributed by atoms with Crippen molar-refractivity contribution in [3.63, 3.8) is 0 Å². The highest BCUT2D eigenvalue weighted by Gasteiger charge is 2.35. The summed E-state index contributed by atoms with van der Waals surface area (Å²) in [6, 6.07) is 50.6. The Balaban J connectivity index is 0.916. The summed E-state index contributed by atoms with van der Waals surface area (Å²) in [5, 5.41) is 0. The molecule has 0 amide bonds. The van der Waals surface area contributed by atoms with E-state index in [1.807, 2.05) is 0 Å². The van der Waals surface area contributed by atoms with Crippen LogP contribution in [0.15, 0.2) is 133 Å². The number of nitrogens with zero attached hydrogens (tertiary/aromatic N) is 6. The Bertz CT molecular complexity index is 7520. The zero-order valence-electron chi connectivity index (χ0n) is 83.9. The summed E-state index contributed by atoms with van der Waals surface area (Å²) in [5.41, 5.74) is 68.9. The molecule has 12 nitrogen and oxygen atoms in total. The predicted octanol–water partition coefficient (Wildman–Crippen LogP) is 33.5. The molecular weight excluding hydrogens is 1630 g/mol. The summed E-state index contributed by atoms with van der Waals surface area (Å²) in [5.74, 6) is 0. The first-order valence-corrected chi connectivity index (χ1v) is 49.7. The fraction of sp³-hybridized carbons (Fsp3) is 0.311. The summed E-state index contributed by atoms with van der Waals surface area (Å²) >= 11 is 0. The quantitative estimate of drug-likeness (QED) is 0.0499. The highest BCUT2D eigenvalue weighted by atomic mass is 14.9. The fourth-order valence-corrected chi connectivity index (χ4v) is 23.8. The van der Waals surface area contributed by atoms with Crippen molar-refractivity contribution >= 4 is 133 Å². The molecule has 0 saturated carbocycles. The minimum absolute atomic E-state index is 0.757. The first-order valence-electron chi connectivity index (χ1n) is 49.7. The number of hydrogen-bond acceptors (Lipinski definition) is 6. The van der Waals surface area contributed by atoms with E-state index in [1.165, 1.54) is 122 Å². The van der Waals surface area contributed by atoms with Crippen molar-refractivity contribution < 1.29 is 0 Å². The normalized spacial score (nSPS) is 13.6. The second-order valence-electron chi connectivity index (χ2n) is 38.0. The van der Waals surface area contributed by atoms with Crippen LogP contribution in [-0.4, -0.2) is 59.8 Å². The van der Waals surface area contributed by atoms with Crippen LogP contribution in [0.2, 0.25) is 0 Å². The number of aromatic amines is 6. The van der Waals surface area contributed by atoms with Crippen LogP contribution in [0.4, 0.5) is 0 Å².